The van der Waals surface area contributed by atoms with Gasteiger partial charge in [-0.05, 0) is 108 Å². The van der Waals surface area contributed by atoms with E-state index in [4.69, 9.17) is 14.2 Å². The van der Waals surface area contributed by atoms with E-state index in [1.807, 2.05) is 109 Å². The molecule has 6 aromatic carbocycles. The quantitative estimate of drug-likeness (QED) is 0.109. The Hall–Kier alpha value is -6.35. The Morgan fingerprint density at radius 3 is 0.922 bits per heavy atom. The van der Waals surface area contributed by atoms with E-state index in [1.54, 1.807) is 0 Å². The Morgan fingerprint density at radius 2 is 0.672 bits per heavy atom. The first-order valence-electron chi connectivity index (χ1n) is 22.0. The van der Waals surface area contributed by atoms with Crippen molar-refractivity contribution in [3.8, 4) is 34.5 Å². The van der Waals surface area contributed by atoms with Crippen LogP contribution in [-0.4, -0.2) is 17.9 Å². The van der Waals surface area contributed by atoms with Crippen LogP contribution in [-0.2, 0) is 55.6 Å². The van der Waals surface area contributed by atoms with E-state index in [2.05, 4.69) is 20.8 Å². The molecule has 9 rings (SSSR count). The van der Waals surface area contributed by atoms with E-state index < -0.39 is 17.9 Å². The molecule has 3 aliphatic heterocycles. The van der Waals surface area contributed by atoms with Crippen LogP contribution in [0.15, 0.2) is 109 Å². The van der Waals surface area contributed by atoms with Crippen molar-refractivity contribution in [1.29, 1.82) is 0 Å². The van der Waals surface area contributed by atoms with Gasteiger partial charge in [0.15, 0.2) is 0 Å². The van der Waals surface area contributed by atoms with Crippen molar-refractivity contribution >= 4 is 17.9 Å². The third kappa shape index (κ3) is 10.5. The Kier molecular flexibility index (Phi) is 16.1. The number of carbonyl (C=O) groups excluding carboxylic acids is 3. The molecule has 0 aliphatic carbocycles. The van der Waals surface area contributed by atoms with Crippen LogP contribution < -0.4 is 29.5 Å². The number of carboxylic acid groups (broad SMARTS) is 3. The number of unbranched alkanes of at least 4 members (excludes halogenated alkanes) is 3. The molecule has 0 fully saturated rings. The van der Waals surface area contributed by atoms with Gasteiger partial charge in [0.25, 0.3) is 0 Å². The molecule has 0 aromatic heterocycles. The SMILES string of the molecule is CCCCc1ccc2c(c1C(=O)[O-])Cc1ccccc1O2.CCCCc1ccc2c(c1C(=O)[O-])Cc1ccccc1O2.CCCCc1ccc2c(c1C(=O)[O-])Cc1ccccc1O2.[Fe+3]. The van der Waals surface area contributed by atoms with Crippen molar-refractivity contribution in [2.24, 2.45) is 0 Å². The number of ether oxygens (including phenoxy) is 3. The largest absolute Gasteiger partial charge is 3.00 e. The molecule has 0 saturated heterocycles. The minimum Gasteiger partial charge on any atom is -0.545 e. The number of hydrogen-bond donors (Lipinski definition) is 0. The van der Waals surface area contributed by atoms with Crippen LogP contribution in [0.1, 0.15) is 140 Å². The van der Waals surface area contributed by atoms with E-state index in [0.717, 1.165) is 125 Å². The first-order chi connectivity index (χ1) is 30.6. The zero-order valence-electron chi connectivity index (χ0n) is 36.4. The fourth-order valence-electron chi connectivity index (χ4n) is 8.51. The van der Waals surface area contributed by atoms with E-state index in [-0.39, 0.29) is 17.1 Å². The van der Waals surface area contributed by atoms with Crippen molar-refractivity contribution in [3.05, 3.63) is 176 Å². The monoisotopic (exact) mass is 899 g/mol. The van der Waals surface area contributed by atoms with Crippen LogP contribution in [0.3, 0.4) is 0 Å². The Labute approximate surface area is 385 Å². The summed E-state index contributed by atoms with van der Waals surface area (Å²) in [5.74, 6) is 0.971. The summed E-state index contributed by atoms with van der Waals surface area (Å²) in [6.07, 6.45) is 10.0. The van der Waals surface area contributed by atoms with Crippen LogP contribution in [0.4, 0.5) is 0 Å². The summed E-state index contributed by atoms with van der Waals surface area (Å²) in [4.78, 5) is 34.8. The smallest absolute Gasteiger partial charge is 0.545 e. The Bertz CT molecular complexity index is 2360. The van der Waals surface area contributed by atoms with Gasteiger partial charge in [-0.1, -0.05) is 113 Å². The summed E-state index contributed by atoms with van der Waals surface area (Å²) in [7, 11) is 0. The van der Waals surface area contributed by atoms with Gasteiger partial charge in [-0.25, -0.2) is 0 Å². The molecule has 10 heteroatoms. The summed E-state index contributed by atoms with van der Waals surface area (Å²) < 4.78 is 17.5. The first-order valence-corrected chi connectivity index (χ1v) is 22.0. The topological polar surface area (TPSA) is 148 Å². The number of hydrogen-bond acceptors (Lipinski definition) is 9. The van der Waals surface area contributed by atoms with Crippen LogP contribution in [0.25, 0.3) is 0 Å². The average molecular weight is 900 g/mol. The number of rotatable bonds is 12. The van der Waals surface area contributed by atoms with Crippen LogP contribution in [0, 0.1) is 0 Å². The number of aryl methyl sites for hydroxylation is 3. The molecule has 3 aliphatic rings. The zero-order valence-corrected chi connectivity index (χ0v) is 37.5. The number of carbonyl (C=O) groups is 3. The molecule has 0 unspecified atom stereocenters. The number of benzene rings is 6. The second kappa shape index (κ2) is 21.8. The van der Waals surface area contributed by atoms with Crippen LogP contribution in [0.2, 0.25) is 0 Å². The van der Waals surface area contributed by atoms with Crippen molar-refractivity contribution in [3.63, 3.8) is 0 Å². The van der Waals surface area contributed by atoms with Crippen molar-refractivity contribution < 1.29 is 61.0 Å². The van der Waals surface area contributed by atoms with Gasteiger partial charge in [-0.2, -0.15) is 0 Å². The summed E-state index contributed by atoms with van der Waals surface area (Å²) >= 11 is 0. The number of para-hydroxylation sites is 3. The molecular formula is C54H51FeO9. The minimum absolute atomic E-state index is 0. The molecule has 0 amide bonds. The molecule has 329 valence electrons. The minimum atomic E-state index is -1.11. The molecule has 0 spiro atoms. The summed E-state index contributed by atoms with van der Waals surface area (Å²) in [6.45, 7) is 6.28. The molecule has 0 bridgehead atoms. The first kappa shape index (κ1) is 47.1. The fourth-order valence-corrected chi connectivity index (χ4v) is 8.51. The fraction of sp³-hybridized carbons (Fsp3) is 0.278. The molecule has 9 nitrogen and oxygen atoms in total. The normalized spacial score (nSPS) is 12.0. The second-order valence-electron chi connectivity index (χ2n) is 16.1. The van der Waals surface area contributed by atoms with Gasteiger partial charge in [0.2, 0.25) is 0 Å². The zero-order chi connectivity index (χ0) is 44.5. The molecule has 1 radical (unpaired) electrons. The van der Waals surface area contributed by atoms with E-state index in [1.165, 1.54) is 0 Å². The van der Waals surface area contributed by atoms with Gasteiger partial charge in [-0.15, -0.1) is 0 Å². The summed E-state index contributed by atoms with van der Waals surface area (Å²) in [5, 5.41) is 34.8. The van der Waals surface area contributed by atoms with Crippen molar-refractivity contribution in [2.75, 3.05) is 0 Å². The average Bonchev–Trinajstić information content (AvgIpc) is 3.29. The summed E-state index contributed by atoms with van der Waals surface area (Å²) in [6, 6.07) is 34.4. The molecule has 0 saturated carbocycles. The Morgan fingerprint density at radius 1 is 0.406 bits per heavy atom. The maximum Gasteiger partial charge on any atom is 3.00 e. The molecule has 0 atom stereocenters. The molecular weight excluding hydrogens is 848 g/mol. The second-order valence-corrected chi connectivity index (χ2v) is 16.1. The van der Waals surface area contributed by atoms with Crippen LogP contribution in [0.5, 0.6) is 34.5 Å². The van der Waals surface area contributed by atoms with Gasteiger partial charge in [0.05, 0.1) is 17.9 Å². The molecule has 64 heavy (non-hydrogen) atoms. The number of fused-ring (bicyclic) bond motifs is 6. The maximum atomic E-state index is 11.6. The third-order valence-corrected chi connectivity index (χ3v) is 11.8. The van der Waals surface area contributed by atoms with Gasteiger partial charge in [0.1, 0.15) is 34.5 Å². The van der Waals surface area contributed by atoms with Crippen molar-refractivity contribution in [2.45, 2.75) is 97.8 Å². The number of aromatic carboxylic acids is 3. The Balaban J connectivity index is 0.000000158. The number of carboxylic acids is 3. The van der Waals surface area contributed by atoms with Crippen LogP contribution >= 0.6 is 0 Å². The van der Waals surface area contributed by atoms with Gasteiger partial charge in [-0.3, -0.25) is 0 Å². The van der Waals surface area contributed by atoms with Gasteiger partial charge < -0.3 is 43.9 Å². The predicted molar refractivity (Wildman–Crippen MR) is 236 cm³/mol. The third-order valence-electron chi connectivity index (χ3n) is 11.8. The van der Waals surface area contributed by atoms with Gasteiger partial charge >= 0.3 is 17.1 Å². The van der Waals surface area contributed by atoms with E-state index in [0.29, 0.717) is 53.2 Å². The van der Waals surface area contributed by atoms with Gasteiger partial charge in [0, 0.05) is 52.6 Å². The predicted octanol–water partition coefficient (Wildman–Crippen LogP) is 9.27. The van der Waals surface area contributed by atoms with E-state index >= 15 is 0 Å². The molecule has 6 aromatic rings. The van der Waals surface area contributed by atoms with Crippen molar-refractivity contribution in [1.82, 2.24) is 0 Å². The molecule has 3 heterocycles. The van der Waals surface area contributed by atoms with E-state index in [9.17, 15) is 29.7 Å². The molecule has 0 N–H and O–H groups in total. The maximum absolute atomic E-state index is 11.6. The summed E-state index contributed by atoms with van der Waals surface area (Å²) in [5.41, 5.74) is 8.74. The standard InChI is InChI=1S/3C18H18O3.Fe/c3*1-2-3-6-12-9-10-16-14(17(12)18(19)20)11-13-7-4-5-8-15(13)21-16;/h3*4-5,7-10H,2-3,6,11H2,1H3,(H,19,20);/q;;;+3/p-3.